The molecular formula is C14H25N3. The largest absolute Gasteiger partial charge is 0.398 e. The van der Waals surface area contributed by atoms with Crippen molar-refractivity contribution in [2.24, 2.45) is 5.92 Å². The molecule has 3 nitrogen and oxygen atoms in total. The van der Waals surface area contributed by atoms with Gasteiger partial charge in [-0.25, -0.2) is 0 Å². The van der Waals surface area contributed by atoms with Gasteiger partial charge in [-0.1, -0.05) is 32.0 Å². The SMILES string of the molecule is CC(C)CNCC(C)NCc1ccccc1N. The van der Waals surface area contributed by atoms with Crippen LogP contribution < -0.4 is 16.4 Å². The van der Waals surface area contributed by atoms with Crippen molar-refractivity contribution in [1.29, 1.82) is 0 Å². The van der Waals surface area contributed by atoms with Gasteiger partial charge in [-0.2, -0.15) is 0 Å². The monoisotopic (exact) mass is 235 g/mol. The fraction of sp³-hybridized carbons (Fsp3) is 0.571. The minimum absolute atomic E-state index is 0.452. The van der Waals surface area contributed by atoms with Crippen molar-refractivity contribution in [3.8, 4) is 0 Å². The average molecular weight is 235 g/mol. The van der Waals surface area contributed by atoms with Gasteiger partial charge in [-0.3, -0.25) is 0 Å². The van der Waals surface area contributed by atoms with Crippen LogP contribution in [0.3, 0.4) is 0 Å². The summed E-state index contributed by atoms with van der Waals surface area (Å²) in [4.78, 5) is 0. The molecule has 17 heavy (non-hydrogen) atoms. The van der Waals surface area contributed by atoms with Crippen LogP contribution in [0.5, 0.6) is 0 Å². The van der Waals surface area contributed by atoms with Crippen molar-refractivity contribution in [3.05, 3.63) is 29.8 Å². The van der Waals surface area contributed by atoms with Gasteiger partial charge in [-0.15, -0.1) is 0 Å². The number of hydrogen-bond acceptors (Lipinski definition) is 3. The molecule has 1 aromatic carbocycles. The third-order valence-corrected chi connectivity index (χ3v) is 2.70. The molecule has 3 heteroatoms. The Balaban J connectivity index is 2.24. The van der Waals surface area contributed by atoms with Gasteiger partial charge in [0.05, 0.1) is 0 Å². The van der Waals surface area contributed by atoms with Crippen molar-refractivity contribution in [3.63, 3.8) is 0 Å². The van der Waals surface area contributed by atoms with Gasteiger partial charge in [0.15, 0.2) is 0 Å². The van der Waals surface area contributed by atoms with Gasteiger partial charge < -0.3 is 16.4 Å². The number of benzene rings is 1. The molecule has 0 bridgehead atoms. The number of hydrogen-bond donors (Lipinski definition) is 3. The van der Waals surface area contributed by atoms with Gasteiger partial charge in [0.2, 0.25) is 0 Å². The van der Waals surface area contributed by atoms with Crippen LogP contribution in [0.2, 0.25) is 0 Å². The second-order valence-electron chi connectivity index (χ2n) is 5.03. The Morgan fingerprint density at radius 3 is 2.47 bits per heavy atom. The quantitative estimate of drug-likeness (QED) is 0.634. The maximum absolute atomic E-state index is 5.89. The fourth-order valence-electron chi connectivity index (χ4n) is 1.64. The zero-order valence-corrected chi connectivity index (χ0v) is 11.2. The van der Waals surface area contributed by atoms with Crippen molar-refractivity contribution < 1.29 is 0 Å². The Hall–Kier alpha value is -1.06. The lowest BCUT2D eigenvalue weighted by molar-refractivity contribution is 0.472. The zero-order chi connectivity index (χ0) is 12.7. The molecule has 1 unspecified atom stereocenters. The molecule has 0 radical (unpaired) electrons. The first-order valence-corrected chi connectivity index (χ1v) is 6.37. The Bertz CT molecular complexity index is 323. The molecule has 0 aliphatic heterocycles. The van der Waals surface area contributed by atoms with E-state index in [0.717, 1.165) is 25.3 Å². The molecule has 1 atom stereocenters. The molecule has 1 aromatic rings. The molecule has 0 aliphatic rings. The third kappa shape index (κ3) is 5.71. The number of para-hydroxylation sites is 1. The molecule has 0 saturated heterocycles. The van der Waals surface area contributed by atoms with E-state index in [-0.39, 0.29) is 0 Å². The predicted octanol–water partition coefficient (Wildman–Crippen LogP) is 1.99. The summed E-state index contributed by atoms with van der Waals surface area (Å²) < 4.78 is 0. The minimum Gasteiger partial charge on any atom is -0.398 e. The maximum atomic E-state index is 5.89. The molecule has 0 aliphatic carbocycles. The number of nitrogens with one attached hydrogen (secondary N) is 2. The van der Waals surface area contributed by atoms with E-state index in [2.05, 4.69) is 37.5 Å². The molecule has 0 amide bonds. The smallest absolute Gasteiger partial charge is 0.0359 e. The molecule has 0 heterocycles. The van der Waals surface area contributed by atoms with Gasteiger partial charge >= 0.3 is 0 Å². The number of rotatable bonds is 7. The van der Waals surface area contributed by atoms with E-state index in [4.69, 9.17) is 5.73 Å². The number of nitrogen functional groups attached to an aromatic ring is 1. The Morgan fingerprint density at radius 1 is 1.12 bits per heavy atom. The summed E-state index contributed by atoms with van der Waals surface area (Å²) in [7, 11) is 0. The predicted molar refractivity (Wildman–Crippen MR) is 74.9 cm³/mol. The lowest BCUT2D eigenvalue weighted by atomic mass is 10.1. The van der Waals surface area contributed by atoms with Crippen LogP contribution in [0.1, 0.15) is 26.3 Å². The van der Waals surface area contributed by atoms with Gasteiger partial charge in [0.1, 0.15) is 0 Å². The first-order chi connectivity index (χ1) is 8.09. The lowest BCUT2D eigenvalue weighted by Gasteiger charge is -2.16. The third-order valence-electron chi connectivity index (χ3n) is 2.70. The molecular weight excluding hydrogens is 210 g/mol. The summed E-state index contributed by atoms with van der Waals surface area (Å²) in [6.45, 7) is 9.51. The summed E-state index contributed by atoms with van der Waals surface area (Å²) in [5.41, 5.74) is 7.92. The number of anilines is 1. The van der Waals surface area contributed by atoms with E-state index in [1.807, 2.05) is 18.2 Å². The van der Waals surface area contributed by atoms with Gasteiger partial charge in [-0.05, 0) is 31.0 Å². The highest BCUT2D eigenvalue weighted by atomic mass is 15.0. The van der Waals surface area contributed by atoms with E-state index in [1.54, 1.807) is 0 Å². The first-order valence-electron chi connectivity index (χ1n) is 6.37. The van der Waals surface area contributed by atoms with E-state index in [0.29, 0.717) is 12.0 Å². The molecule has 4 N–H and O–H groups in total. The van der Waals surface area contributed by atoms with E-state index < -0.39 is 0 Å². The molecule has 0 saturated carbocycles. The average Bonchev–Trinajstić information content (AvgIpc) is 2.27. The Labute approximate surface area is 105 Å². The van der Waals surface area contributed by atoms with Crippen LogP contribution in [-0.4, -0.2) is 19.1 Å². The van der Waals surface area contributed by atoms with Crippen LogP contribution in [0.15, 0.2) is 24.3 Å². The normalized spacial score (nSPS) is 12.9. The highest BCUT2D eigenvalue weighted by molar-refractivity contribution is 5.46. The van der Waals surface area contributed by atoms with Crippen molar-refractivity contribution in [2.75, 3.05) is 18.8 Å². The minimum atomic E-state index is 0.452. The van der Waals surface area contributed by atoms with Crippen LogP contribution >= 0.6 is 0 Å². The highest BCUT2D eigenvalue weighted by Gasteiger charge is 2.03. The van der Waals surface area contributed by atoms with Crippen molar-refractivity contribution in [1.82, 2.24) is 10.6 Å². The summed E-state index contributed by atoms with van der Waals surface area (Å²) >= 11 is 0. The lowest BCUT2D eigenvalue weighted by Crippen LogP contribution is -2.37. The standard InChI is InChI=1S/C14H25N3/c1-11(2)8-16-9-12(3)17-10-13-6-4-5-7-14(13)15/h4-7,11-12,16-17H,8-10,15H2,1-3H3. The van der Waals surface area contributed by atoms with E-state index in [9.17, 15) is 0 Å². The van der Waals surface area contributed by atoms with Crippen molar-refractivity contribution >= 4 is 5.69 Å². The maximum Gasteiger partial charge on any atom is 0.0359 e. The van der Waals surface area contributed by atoms with E-state index in [1.165, 1.54) is 5.56 Å². The van der Waals surface area contributed by atoms with Crippen LogP contribution in [0.25, 0.3) is 0 Å². The number of nitrogens with two attached hydrogens (primary N) is 1. The fourth-order valence-corrected chi connectivity index (χ4v) is 1.64. The van der Waals surface area contributed by atoms with Crippen LogP contribution in [0, 0.1) is 5.92 Å². The Kier molecular flexibility index (Phi) is 6.01. The second kappa shape index (κ2) is 7.30. The molecule has 1 rings (SSSR count). The first kappa shape index (κ1) is 14.0. The highest BCUT2D eigenvalue weighted by Crippen LogP contribution is 2.09. The summed E-state index contributed by atoms with van der Waals surface area (Å²) in [6.07, 6.45) is 0. The molecule has 96 valence electrons. The van der Waals surface area contributed by atoms with Crippen LogP contribution in [0.4, 0.5) is 5.69 Å². The van der Waals surface area contributed by atoms with Gasteiger partial charge in [0.25, 0.3) is 0 Å². The zero-order valence-electron chi connectivity index (χ0n) is 11.2. The summed E-state index contributed by atoms with van der Waals surface area (Å²) in [6, 6.07) is 8.45. The van der Waals surface area contributed by atoms with Gasteiger partial charge in [0, 0.05) is 24.8 Å². The summed E-state index contributed by atoms with van der Waals surface area (Å²) in [5.74, 6) is 0.701. The topological polar surface area (TPSA) is 50.1 Å². The Morgan fingerprint density at radius 2 is 1.82 bits per heavy atom. The van der Waals surface area contributed by atoms with Crippen LogP contribution in [-0.2, 0) is 6.54 Å². The molecule has 0 spiro atoms. The van der Waals surface area contributed by atoms with E-state index >= 15 is 0 Å². The summed E-state index contributed by atoms with van der Waals surface area (Å²) in [5, 5.41) is 6.91. The second-order valence-corrected chi connectivity index (χ2v) is 5.03. The van der Waals surface area contributed by atoms with Crippen molar-refractivity contribution in [2.45, 2.75) is 33.4 Å². The molecule has 0 fully saturated rings. The molecule has 0 aromatic heterocycles.